The number of rotatable bonds is 5. The summed E-state index contributed by atoms with van der Waals surface area (Å²) in [7, 11) is 1.98. The lowest BCUT2D eigenvalue weighted by Gasteiger charge is -2.23. The SMILES string of the molecule is CSc1cccc(N(C)Cc2ccc(F)cc2)c1C(N)=S. The third-order valence-electron chi connectivity index (χ3n) is 3.21. The Bertz CT molecular complexity index is 641. The fourth-order valence-electron chi connectivity index (χ4n) is 2.20. The van der Waals surface area contributed by atoms with Gasteiger partial charge in [-0.15, -0.1) is 11.8 Å². The first kappa shape index (κ1) is 15.8. The zero-order valence-electron chi connectivity index (χ0n) is 12.0. The number of anilines is 1. The third kappa shape index (κ3) is 3.74. The molecule has 0 aliphatic rings. The molecular formula is C16H17FN2S2. The molecule has 0 aliphatic heterocycles. The minimum absolute atomic E-state index is 0.227. The van der Waals surface area contributed by atoms with Gasteiger partial charge in [-0.05, 0) is 36.1 Å². The molecule has 0 radical (unpaired) electrons. The van der Waals surface area contributed by atoms with Gasteiger partial charge in [0, 0.05) is 29.7 Å². The molecule has 21 heavy (non-hydrogen) atoms. The second kappa shape index (κ2) is 6.91. The van der Waals surface area contributed by atoms with Crippen LogP contribution < -0.4 is 10.6 Å². The quantitative estimate of drug-likeness (QED) is 0.670. The fourth-order valence-corrected chi connectivity index (χ4v) is 3.12. The van der Waals surface area contributed by atoms with Gasteiger partial charge in [-0.2, -0.15) is 0 Å². The maximum atomic E-state index is 13.0. The standard InChI is InChI=1S/C16H17FN2S2/c1-19(10-11-6-8-12(17)9-7-11)13-4-3-5-14(21-2)15(13)16(18)20/h3-9H,10H2,1-2H3,(H2,18,20). The average Bonchev–Trinajstić information content (AvgIpc) is 2.48. The Morgan fingerprint density at radius 1 is 1.24 bits per heavy atom. The van der Waals surface area contributed by atoms with Crippen LogP contribution in [-0.2, 0) is 6.54 Å². The summed E-state index contributed by atoms with van der Waals surface area (Å²) in [6.45, 7) is 0.660. The Kier molecular flexibility index (Phi) is 5.20. The Labute approximate surface area is 134 Å². The lowest BCUT2D eigenvalue weighted by atomic mass is 10.1. The first-order valence-corrected chi connectivity index (χ1v) is 8.08. The molecular weight excluding hydrogens is 303 g/mol. The molecule has 0 bridgehead atoms. The Balaban J connectivity index is 2.32. The molecule has 0 aliphatic carbocycles. The van der Waals surface area contributed by atoms with Crippen LogP contribution in [0.5, 0.6) is 0 Å². The van der Waals surface area contributed by atoms with E-state index in [-0.39, 0.29) is 5.82 Å². The highest BCUT2D eigenvalue weighted by Gasteiger charge is 2.14. The van der Waals surface area contributed by atoms with E-state index in [2.05, 4.69) is 4.90 Å². The van der Waals surface area contributed by atoms with Crippen molar-refractivity contribution in [2.45, 2.75) is 11.4 Å². The molecule has 2 N–H and O–H groups in total. The molecule has 2 aromatic carbocycles. The molecule has 110 valence electrons. The molecule has 0 atom stereocenters. The van der Waals surface area contributed by atoms with Gasteiger partial charge in [0.15, 0.2) is 0 Å². The minimum atomic E-state index is -0.227. The molecule has 0 heterocycles. The summed E-state index contributed by atoms with van der Waals surface area (Å²) in [5.41, 5.74) is 8.79. The van der Waals surface area contributed by atoms with E-state index in [4.69, 9.17) is 18.0 Å². The maximum absolute atomic E-state index is 13.0. The molecule has 0 saturated carbocycles. The molecule has 0 aromatic heterocycles. The molecule has 2 rings (SSSR count). The van der Waals surface area contributed by atoms with Crippen molar-refractivity contribution < 1.29 is 4.39 Å². The molecule has 2 nitrogen and oxygen atoms in total. The predicted molar refractivity (Wildman–Crippen MR) is 92.6 cm³/mol. The summed E-state index contributed by atoms with van der Waals surface area (Å²) in [5, 5.41) is 0. The number of thioether (sulfide) groups is 1. The zero-order valence-corrected chi connectivity index (χ0v) is 13.6. The molecule has 0 fully saturated rings. The Morgan fingerprint density at radius 2 is 1.90 bits per heavy atom. The van der Waals surface area contributed by atoms with Crippen molar-refractivity contribution >= 4 is 34.7 Å². The van der Waals surface area contributed by atoms with Crippen molar-refractivity contribution in [2.24, 2.45) is 5.73 Å². The van der Waals surface area contributed by atoms with E-state index in [1.165, 1.54) is 12.1 Å². The van der Waals surface area contributed by atoms with Gasteiger partial charge in [-0.3, -0.25) is 0 Å². The second-order valence-electron chi connectivity index (χ2n) is 4.70. The van der Waals surface area contributed by atoms with E-state index < -0.39 is 0 Å². The van der Waals surface area contributed by atoms with Gasteiger partial charge in [0.25, 0.3) is 0 Å². The van der Waals surface area contributed by atoms with E-state index in [0.717, 1.165) is 21.7 Å². The van der Waals surface area contributed by atoms with Gasteiger partial charge in [0.2, 0.25) is 0 Å². The summed E-state index contributed by atoms with van der Waals surface area (Å²) in [6, 6.07) is 12.5. The van der Waals surface area contributed by atoms with Gasteiger partial charge < -0.3 is 10.6 Å². The van der Waals surface area contributed by atoms with Gasteiger partial charge in [0.1, 0.15) is 10.8 Å². The van der Waals surface area contributed by atoms with Gasteiger partial charge in [-0.25, -0.2) is 4.39 Å². The lowest BCUT2D eigenvalue weighted by Crippen LogP contribution is -2.22. The van der Waals surface area contributed by atoms with Crippen LogP contribution in [0.2, 0.25) is 0 Å². The highest BCUT2D eigenvalue weighted by molar-refractivity contribution is 7.98. The van der Waals surface area contributed by atoms with Crippen LogP contribution in [0.1, 0.15) is 11.1 Å². The maximum Gasteiger partial charge on any atom is 0.123 e. The van der Waals surface area contributed by atoms with Gasteiger partial charge >= 0.3 is 0 Å². The highest BCUT2D eigenvalue weighted by Crippen LogP contribution is 2.29. The summed E-state index contributed by atoms with van der Waals surface area (Å²) in [6.07, 6.45) is 2.00. The number of hydrogen-bond acceptors (Lipinski definition) is 3. The van der Waals surface area contributed by atoms with E-state index in [1.807, 2.05) is 31.5 Å². The Hall–Kier alpha value is -1.59. The van der Waals surface area contributed by atoms with Gasteiger partial charge in [0.05, 0.1) is 0 Å². The Morgan fingerprint density at radius 3 is 2.48 bits per heavy atom. The largest absolute Gasteiger partial charge is 0.389 e. The van der Waals surface area contributed by atoms with E-state index >= 15 is 0 Å². The first-order chi connectivity index (χ1) is 10.0. The van der Waals surface area contributed by atoms with E-state index in [1.54, 1.807) is 23.9 Å². The summed E-state index contributed by atoms with van der Waals surface area (Å²) in [4.78, 5) is 3.52. The van der Waals surface area contributed by atoms with Crippen LogP contribution in [0.3, 0.4) is 0 Å². The molecule has 0 amide bonds. The van der Waals surface area contributed by atoms with Crippen molar-refractivity contribution in [3.8, 4) is 0 Å². The van der Waals surface area contributed by atoms with E-state index in [0.29, 0.717) is 11.5 Å². The van der Waals surface area contributed by atoms with Crippen molar-refractivity contribution in [1.29, 1.82) is 0 Å². The summed E-state index contributed by atoms with van der Waals surface area (Å²) in [5.74, 6) is -0.227. The second-order valence-corrected chi connectivity index (χ2v) is 5.99. The number of halogens is 1. The molecule has 0 unspecified atom stereocenters. The minimum Gasteiger partial charge on any atom is -0.389 e. The zero-order chi connectivity index (χ0) is 15.4. The lowest BCUT2D eigenvalue weighted by molar-refractivity contribution is 0.627. The number of thiocarbonyl (C=S) groups is 1. The molecule has 0 spiro atoms. The molecule has 5 heteroatoms. The first-order valence-electron chi connectivity index (χ1n) is 6.45. The van der Waals surface area contributed by atoms with Crippen LogP contribution in [-0.4, -0.2) is 18.3 Å². The van der Waals surface area contributed by atoms with E-state index in [9.17, 15) is 4.39 Å². The number of hydrogen-bond donors (Lipinski definition) is 1. The average molecular weight is 320 g/mol. The smallest absolute Gasteiger partial charge is 0.123 e. The van der Waals surface area contributed by atoms with Crippen molar-refractivity contribution in [1.82, 2.24) is 0 Å². The van der Waals surface area contributed by atoms with Crippen LogP contribution >= 0.6 is 24.0 Å². The highest BCUT2D eigenvalue weighted by atomic mass is 32.2. The van der Waals surface area contributed by atoms with Crippen LogP contribution in [0.4, 0.5) is 10.1 Å². The monoisotopic (exact) mass is 320 g/mol. The number of nitrogens with two attached hydrogens (primary N) is 1. The van der Waals surface area contributed by atoms with Crippen LogP contribution in [0, 0.1) is 5.82 Å². The number of nitrogens with zero attached hydrogens (tertiary/aromatic N) is 1. The van der Waals surface area contributed by atoms with Gasteiger partial charge in [-0.1, -0.05) is 30.4 Å². The third-order valence-corrected chi connectivity index (χ3v) is 4.20. The van der Waals surface area contributed by atoms with Crippen molar-refractivity contribution in [3.63, 3.8) is 0 Å². The summed E-state index contributed by atoms with van der Waals surface area (Å²) >= 11 is 6.81. The van der Waals surface area contributed by atoms with Crippen molar-refractivity contribution in [3.05, 3.63) is 59.4 Å². The molecule has 2 aromatic rings. The van der Waals surface area contributed by atoms with Crippen LogP contribution in [0.25, 0.3) is 0 Å². The topological polar surface area (TPSA) is 29.3 Å². The number of benzene rings is 2. The van der Waals surface area contributed by atoms with Crippen LogP contribution in [0.15, 0.2) is 47.4 Å². The molecule has 0 saturated heterocycles. The fraction of sp³-hybridized carbons (Fsp3) is 0.188. The normalized spacial score (nSPS) is 10.4. The predicted octanol–water partition coefficient (Wildman–Crippen LogP) is 3.82. The summed E-state index contributed by atoms with van der Waals surface area (Å²) < 4.78 is 13.0. The van der Waals surface area contributed by atoms with Crippen molar-refractivity contribution in [2.75, 3.05) is 18.2 Å².